The number of thiazole rings is 2. The van der Waals surface area contributed by atoms with Crippen molar-refractivity contribution >= 4 is 43.1 Å². The van der Waals surface area contributed by atoms with Gasteiger partial charge in [-0.3, -0.25) is 0 Å². The molecule has 0 aliphatic heterocycles. The lowest BCUT2D eigenvalue weighted by Crippen LogP contribution is -1.97. The topological polar surface area (TPSA) is 38.7 Å². The maximum atomic E-state index is 5.75. The fraction of sp³-hybridized carbons (Fsp3) is 0. The number of pyridine rings is 1. The number of aromatic nitrogens is 3. The van der Waals surface area contributed by atoms with Gasteiger partial charge in [-0.2, -0.15) is 0 Å². The minimum atomic E-state index is 0.912. The average Bonchev–Trinajstić information content (AvgIpc) is 3.98. The predicted molar refractivity (Wildman–Crippen MR) is 254 cm³/mol. The van der Waals surface area contributed by atoms with Gasteiger partial charge in [0.15, 0.2) is 0 Å². The first-order chi connectivity index (χ1) is 29.7. The fourth-order valence-electron chi connectivity index (χ4n) is 7.93. The van der Waals surface area contributed by atoms with E-state index in [9.17, 15) is 0 Å². The summed E-state index contributed by atoms with van der Waals surface area (Å²) >= 11 is 3.44. The Morgan fingerprint density at radius 1 is 0.250 bits per heavy atom. The summed E-state index contributed by atoms with van der Waals surface area (Å²) in [5.41, 5.74) is 17.1. The number of hydrogen-bond donors (Lipinski definition) is 0. The molecular formula is C55H35N3S2. The fourth-order valence-corrected chi connectivity index (χ4v) is 9.85. The highest BCUT2D eigenvalue weighted by Gasteiger charge is 2.20. The lowest BCUT2D eigenvalue weighted by molar-refractivity contribution is 1.32. The van der Waals surface area contributed by atoms with E-state index in [1.165, 1.54) is 31.7 Å². The summed E-state index contributed by atoms with van der Waals surface area (Å²) in [5.74, 6) is 0. The molecule has 0 amide bonds. The summed E-state index contributed by atoms with van der Waals surface area (Å²) < 4.78 is 2.35. The van der Waals surface area contributed by atoms with Gasteiger partial charge >= 0.3 is 0 Å². The molecule has 3 aromatic heterocycles. The largest absolute Gasteiger partial charge is 0.246 e. The number of rotatable bonds is 8. The molecule has 0 atom stereocenters. The van der Waals surface area contributed by atoms with Gasteiger partial charge in [-0.05, 0) is 75.8 Å². The summed E-state index contributed by atoms with van der Waals surface area (Å²) in [7, 11) is 0. The predicted octanol–water partition coefficient (Wildman–Crippen LogP) is 15.6. The van der Waals surface area contributed by atoms with E-state index in [1.807, 2.05) is 12.1 Å². The maximum absolute atomic E-state index is 5.75. The minimum absolute atomic E-state index is 0.912. The molecule has 0 fully saturated rings. The number of benzene rings is 8. The molecule has 11 aromatic rings. The zero-order chi connectivity index (χ0) is 39.8. The molecule has 0 saturated heterocycles. The molecule has 0 saturated carbocycles. The third kappa shape index (κ3) is 6.90. The van der Waals surface area contributed by atoms with Crippen molar-refractivity contribution in [3.63, 3.8) is 0 Å². The van der Waals surface area contributed by atoms with Gasteiger partial charge in [0.1, 0.15) is 10.0 Å². The van der Waals surface area contributed by atoms with Crippen molar-refractivity contribution in [2.75, 3.05) is 0 Å². The molecule has 5 heteroatoms. The van der Waals surface area contributed by atoms with Crippen molar-refractivity contribution in [2.24, 2.45) is 0 Å². The number of nitrogens with zero attached hydrogens (tertiary/aromatic N) is 3. The van der Waals surface area contributed by atoms with Gasteiger partial charge in [0, 0.05) is 33.4 Å². The summed E-state index contributed by atoms with van der Waals surface area (Å²) in [4.78, 5) is 15.8. The van der Waals surface area contributed by atoms with E-state index < -0.39 is 0 Å². The second kappa shape index (κ2) is 15.5. The Kier molecular flexibility index (Phi) is 9.23. The van der Waals surface area contributed by atoms with Crippen molar-refractivity contribution in [1.29, 1.82) is 0 Å². The van der Waals surface area contributed by atoms with Crippen LogP contribution in [0.5, 0.6) is 0 Å². The summed E-state index contributed by atoms with van der Waals surface area (Å²) in [6.07, 6.45) is 0. The van der Waals surface area contributed by atoms with Crippen LogP contribution in [-0.2, 0) is 0 Å². The summed E-state index contributed by atoms with van der Waals surface area (Å²) in [5, 5.41) is 1.98. The van der Waals surface area contributed by atoms with E-state index in [0.717, 1.165) is 76.9 Å². The van der Waals surface area contributed by atoms with Crippen LogP contribution in [0.4, 0.5) is 0 Å². The van der Waals surface area contributed by atoms with Crippen molar-refractivity contribution in [1.82, 2.24) is 15.0 Å². The highest BCUT2D eigenvalue weighted by atomic mass is 32.1. The Balaban J connectivity index is 1.12. The molecular weight excluding hydrogens is 767 g/mol. The minimum Gasteiger partial charge on any atom is -0.246 e. The third-order valence-electron chi connectivity index (χ3n) is 11.0. The van der Waals surface area contributed by atoms with E-state index in [0.29, 0.717) is 0 Å². The van der Waals surface area contributed by atoms with E-state index in [-0.39, 0.29) is 0 Å². The molecule has 0 N–H and O–H groups in total. The molecule has 3 heterocycles. The number of fused-ring (bicyclic) bond motifs is 2. The van der Waals surface area contributed by atoms with Crippen molar-refractivity contribution < 1.29 is 0 Å². The number of hydrogen-bond acceptors (Lipinski definition) is 5. The van der Waals surface area contributed by atoms with Gasteiger partial charge in [0.25, 0.3) is 0 Å². The van der Waals surface area contributed by atoms with Crippen molar-refractivity contribution in [3.05, 3.63) is 212 Å². The van der Waals surface area contributed by atoms with Crippen LogP contribution >= 0.6 is 22.7 Å². The third-order valence-corrected chi connectivity index (χ3v) is 13.2. The van der Waals surface area contributed by atoms with Crippen LogP contribution in [0.15, 0.2) is 212 Å². The smallest absolute Gasteiger partial charge is 0.124 e. The second-order valence-corrected chi connectivity index (χ2v) is 16.9. The Bertz CT molecular complexity index is 3010. The van der Waals surface area contributed by atoms with E-state index in [2.05, 4.69) is 200 Å². The normalized spacial score (nSPS) is 11.3. The zero-order valence-electron chi connectivity index (χ0n) is 32.4. The lowest BCUT2D eigenvalue weighted by atomic mass is 9.90. The first kappa shape index (κ1) is 35.8. The van der Waals surface area contributed by atoms with Crippen molar-refractivity contribution in [3.8, 4) is 88.2 Å². The maximum Gasteiger partial charge on any atom is 0.124 e. The molecule has 0 radical (unpaired) electrons. The van der Waals surface area contributed by atoms with Crippen molar-refractivity contribution in [2.45, 2.75) is 0 Å². The average molecular weight is 802 g/mol. The van der Waals surface area contributed by atoms with Crippen LogP contribution in [0.25, 0.3) is 109 Å². The molecule has 8 aromatic carbocycles. The molecule has 0 spiro atoms. The molecule has 282 valence electrons. The quantitative estimate of drug-likeness (QED) is 0.154. The molecule has 11 rings (SSSR count). The highest BCUT2D eigenvalue weighted by molar-refractivity contribution is 7.22. The van der Waals surface area contributed by atoms with Crippen LogP contribution in [0.3, 0.4) is 0 Å². The number of para-hydroxylation sites is 2. The molecule has 0 unspecified atom stereocenters. The molecule has 0 aliphatic rings. The highest BCUT2D eigenvalue weighted by Crippen LogP contribution is 2.43. The Morgan fingerprint density at radius 2 is 0.600 bits per heavy atom. The Labute approximate surface area is 356 Å². The van der Waals surface area contributed by atoms with Gasteiger partial charge in [-0.15, -0.1) is 22.7 Å². The van der Waals surface area contributed by atoms with Crippen LogP contribution in [0.2, 0.25) is 0 Å². The lowest BCUT2D eigenvalue weighted by Gasteiger charge is -2.18. The van der Waals surface area contributed by atoms with Gasteiger partial charge in [0.2, 0.25) is 0 Å². The van der Waals surface area contributed by atoms with E-state index in [1.54, 1.807) is 22.7 Å². The van der Waals surface area contributed by atoms with Crippen LogP contribution in [0.1, 0.15) is 0 Å². The van der Waals surface area contributed by atoms with Gasteiger partial charge in [-0.25, -0.2) is 15.0 Å². The van der Waals surface area contributed by atoms with Crippen LogP contribution < -0.4 is 0 Å². The first-order valence-electron chi connectivity index (χ1n) is 20.0. The van der Waals surface area contributed by atoms with E-state index >= 15 is 0 Å². The molecule has 0 bridgehead atoms. The second-order valence-electron chi connectivity index (χ2n) is 14.8. The summed E-state index contributed by atoms with van der Waals surface area (Å²) in [6, 6.07) is 75.3. The van der Waals surface area contributed by atoms with E-state index in [4.69, 9.17) is 15.0 Å². The Morgan fingerprint density at radius 3 is 1.03 bits per heavy atom. The molecule has 60 heavy (non-hydrogen) atoms. The SMILES string of the molecule is c1ccc(-c2ccc(-c3cc(-c4ccc(-c5ccccc5)cc4)c(-c4cccc(-c5nc6ccccc6s5)c4)nc3-c3cccc(-c4nc5ccccc5s4)c3)cc2)cc1. The van der Waals surface area contributed by atoms with Gasteiger partial charge in [0.05, 0.1) is 31.8 Å². The summed E-state index contributed by atoms with van der Waals surface area (Å²) in [6.45, 7) is 0. The molecule has 3 nitrogen and oxygen atoms in total. The standard InChI is InChI=1S/C55H35N3S2/c1-3-13-36(14-4-1)38-25-29-40(30-26-38)46-35-47(41-31-27-39(28-32-41)37-15-5-2-6-16-37)53(43-18-12-20-45(34-43)55-57-49-22-8-10-24-51(49)60-55)58-52(46)42-17-11-19-44(33-42)54-56-48-21-7-9-23-50(48)59-54/h1-35H. The first-order valence-corrected chi connectivity index (χ1v) is 21.6. The monoisotopic (exact) mass is 801 g/mol. The van der Waals surface area contributed by atoms with Gasteiger partial charge in [-0.1, -0.05) is 170 Å². The van der Waals surface area contributed by atoms with Crippen LogP contribution in [-0.4, -0.2) is 15.0 Å². The molecule has 0 aliphatic carbocycles. The zero-order valence-corrected chi connectivity index (χ0v) is 34.0. The van der Waals surface area contributed by atoms with Crippen LogP contribution in [0, 0.1) is 0 Å². The Hall–Kier alpha value is -7.31. The van der Waals surface area contributed by atoms with Gasteiger partial charge < -0.3 is 0 Å².